The normalized spacial score (nSPS) is 20.1. The SMILES string of the molecule is O=C1CCC(C2CCCCC2)=C1c1cccc([N+](=O)[O-])c1. The molecule has 0 bridgehead atoms. The molecular weight excluding hydrogens is 266 g/mol. The van der Waals surface area contributed by atoms with Gasteiger partial charge in [-0.25, -0.2) is 0 Å². The van der Waals surface area contributed by atoms with Crippen LogP contribution in [0.1, 0.15) is 50.5 Å². The number of nitro benzene ring substituents is 1. The number of allylic oxidation sites excluding steroid dienone is 2. The van der Waals surface area contributed by atoms with Crippen LogP contribution in [0.4, 0.5) is 5.69 Å². The molecule has 0 saturated heterocycles. The van der Waals surface area contributed by atoms with E-state index in [1.165, 1.54) is 30.9 Å². The number of nitro groups is 1. The number of nitrogens with zero attached hydrogens (tertiary/aromatic N) is 1. The number of benzene rings is 1. The minimum absolute atomic E-state index is 0.0581. The van der Waals surface area contributed by atoms with Gasteiger partial charge in [-0.1, -0.05) is 37.0 Å². The number of hydrogen-bond donors (Lipinski definition) is 0. The van der Waals surface area contributed by atoms with E-state index >= 15 is 0 Å². The second-order valence-electron chi connectivity index (χ2n) is 5.97. The molecule has 0 radical (unpaired) electrons. The number of rotatable bonds is 3. The summed E-state index contributed by atoms with van der Waals surface area (Å²) < 4.78 is 0. The molecule has 21 heavy (non-hydrogen) atoms. The Hall–Kier alpha value is -1.97. The van der Waals surface area contributed by atoms with Gasteiger partial charge in [-0.15, -0.1) is 0 Å². The second-order valence-corrected chi connectivity index (χ2v) is 5.97. The van der Waals surface area contributed by atoms with Crippen LogP contribution < -0.4 is 0 Å². The molecule has 1 aromatic carbocycles. The molecule has 1 aromatic rings. The lowest BCUT2D eigenvalue weighted by Gasteiger charge is -2.24. The third-order valence-electron chi connectivity index (χ3n) is 4.66. The van der Waals surface area contributed by atoms with Gasteiger partial charge in [0.05, 0.1) is 4.92 Å². The molecule has 2 aliphatic rings. The van der Waals surface area contributed by atoms with Gasteiger partial charge in [0.25, 0.3) is 5.69 Å². The van der Waals surface area contributed by atoms with Gasteiger partial charge in [-0.05, 0) is 30.7 Å². The Kier molecular flexibility index (Phi) is 3.86. The number of hydrogen-bond acceptors (Lipinski definition) is 3. The Morgan fingerprint density at radius 1 is 1.10 bits per heavy atom. The number of non-ortho nitro benzene ring substituents is 1. The molecule has 110 valence electrons. The zero-order chi connectivity index (χ0) is 14.8. The van der Waals surface area contributed by atoms with Crippen LogP contribution in [0.3, 0.4) is 0 Å². The molecule has 1 fully saturated rings. The summed E-state index contributed by atoms with van der Waals surface area (Å²) in [4.78, 5) is 22.8. The van der Waals surface area contributed by atoms with Gasteiger partial charge in [0, 0.05) is 24.1 Å². The highest BCUT2D eigenvalue weighted by molar-refractivity contribution is 6.23. The minimum atomic E-state index is -0.399. The van der Waals surface area contributed by atoms with Crippen LogP contribution in [0.25, 0.3) is 5.57 Å². The van der Waals surface area contributed by atoms with Gasteiger partial charge in [0.1, 0.15) is 0 Å². The number of ketones is 1. The van der Waals surface area contributed by atoms with Crippen molar-refractivity contribution < 1.29 is 9.72 Å². The van der Waals surface area contributed by atoms with Crippen LogP contribution in [0.15, 0.2) is 29.8 Å². The molecule has 0 unspecified atom stereocenters. The molecule has 0 heterocycles. The van der Waals surface area contributed by atoms with E-state index in [4.69, 9.17) is 0 Å². The Morgan fingerprint density at radius 2 is 1.86 bits per heavy atom. The third-order valence-corrected chi connectivity index (χ3v) is 4.66. The van der Waals surface area contributed by atoms with E-state index in [1.54, 1.807) is 12.1 Å². The highest BCUT2D eigenvalue weighted by Gasteiger charge is 2.30. The Morgan fingerprint density at radius 3 is 2.57 bits per heavy atom. The lowest BCUT2D eigenvalue weighted by molar-refractivity contribution is -0.384. The van der Waals surface area contributed by atoms with Crippen molar-refractivity contribution >= 4 is 17.0 Å². The van der Waals surface area contributed by atoms with Crippen molar-refractivity contribution in [3.8, 4) is 0 Å². The quantitative estimate of drug-likeness (QED) is 0.614. The van der Waals surface area contributed by atoms with Crippen molar-refractivity contribution in [1.82, 2.24) is 0 Å². The summed E-state index contributed by atoms with van der Waals surface area (Å²) in [5.74, 6) is 0.649. The fraction of sp³-hybridized carbons (Fsp3) is 0.471. The first kappa shape index (κ1) is 14.0. The van der Waals surface area contributed by atoms with E-state index in [0.717, 1.165) is 30.4 Å². The summed E-state index contributed by atoms with van der Waals surface area (Å²) >= 11 is 0. The van der Waals surface area contributed by atoms with Crippen LogP contribution in [-0.4, -0.2) is 10.7 Å². The number of carbonyl (C=O) groups is 1. The zero-order valence-electron chi connectivity index (χ0n) is 12.0. The van der Waals surface area contributed by atoms with Crippen molar-refractivity contribution in [2.45, 2.75) is 44.9 Å². The van der Waals surface area contributed by atoms with Gasteiger partial charge in [-0.3, -0.25) is 14.9 Å². The lowest BCUT2D eigenvalue weighted by Crippen LogP contribution is -2.09. The molecule has 3 rings (SSSR count). The molecule has 2 aliphatic carbocycles. The molecule has 4 nitrogen and oxygen atoms in total. The van der Waals surface area contributed by atoms with E-state index in [1.807, 2.05) is 6.07 Å². The smallest absolute Gasteiger partial charge is 0.270 e. The van der Waals surface area contributed by atoms with Crippen LogP contribution in [0.2, 0.25) is 0 Å². The Labute approximate surface area is 124 Å². The van der Waals surface area contributed by atoms with Crippen LogP contribution in [-0.2, 0) is 4.79 Å². The van der Waals surface area contributed by atoms with Gasteiger partial charge in [-0.2, -0.15) is 0 Å². The average Bonchev–Trinajstić information content (AvgIpc) is 2.90. The molecule has 1 saturated carbocycles. The maximum atomic E-state index is 12.3. The fourth-order valence-electron chi connectivity index (χ4n) is 3.66. The summed E-state index contributed by atoms with van der Waals surface area (Å²) in [5.41, 5.74) is 2.81. The van der Waals surface area contributed by atoms with E-state index in [9.17, 15) is 14.9 Å². The number of carbonyl (C=O) groups excluding carboxylic acids is 1. The molecule has 4 heteroatoms. The van der Waals surface area contributed by atoms with Gasteiger partial charge >= 0.3 is 0 Å². The van der Waals surface area contributed by atoms with E-state index in [2.05, 4.69) is 0 Å². The van der Waals surface area contributed by atoms with Crippen LogP contribution in [0.5, 0.6) is 0 Å². The monoisotopic (exact) mass is 285 g/mol. The first-order valence-corrected chi connectivity index (χ1v) is 7.68. The largest absolute Gasteiger partial charge is 0.294 e. The highest BCUT2D eigenvalue weighted by atomic mass is 16.6. The lowest BCUT2D eigenvalue weighted by atomic mass is 9.81. The first-order valence-electron chi connectivity index (χ1n) is 7.68. The molecule has 0 N–H and O–H groups in total. The zero-order valence-corrected chi connectivity index (χ0v) is 12.0. The van der Waals surface area contributed by atoms with Gasteiger partial charge in [0.15, 0.2) is 5.78 Å². The molecule has 0 atom stereocenters. The molecule has 0 amide bonds. The number of Topliss-reactive ketones (excluding diaryl/α,β-unsaturated/α-hetero) is 1. The third kappa shape index (κ3) is 2.75. The maximum absolute atomic E-state index is 12.3. The Balaban J connectivity index is 2.01. The van der Waals surface area contributed by atoms with Crippen LogP contribution >= 0.6 is 0 Å². The molecule has 0 aliphatic heterocycles. The highest BCUT2D eigenvalue weighted by Crippen LogP contribution is 2.41. The van der Waals surface area contributed by atoms with Gasteiger partial charge in [0.2, 0.25) is 0 Å². The van der Waals surface area contributed by atoms with Crippen LogP contribution in [0, 0.1) is 16.0 Å². The Bertz CT molecular complexity index is 612. The van der Waals surface area contributed by atoms with Crippen molar-refractivity contribution in [3.05, 3.63) is 45.5 Å². The summed E-state index contributed by atoms with van der Waals surface area (Å²) in [6.07, 6.45) is 7.44. The first-order chi connectivity index (χ1) is 10.2. The van der Waals surface area contributed by atoms with E-state index < -0.39 is 4.92 Å². The summed E-state index contributed by atoms with van der Waals surface area (Å²) in [7, 11) is 0. The van der Waals surface area contributed by atoms with Gasteiger partial charge < -0.3 is 0 Å². The van der Waals surface area contributed by atoms with Crippen molar-refractivity contribution in [1.29, 1.82) is 0 Å². The summed E-state index contributed by atoms with van der Waals surface area (Å²) in [5, 5.41) is 10.9. The standard InChI is InChI=1S/C17H19NO3/c19-16-10-9-15(12-5-2-1-3-6-12)17(16)13-7-4-8-14(11-13)18(20)21/h4,7-8,11-12H,1-3,5-6,9-10H2. The maximum Gasteiger partial charge on any atom is 0.270 e. The minimum Gasteiger partial charge on any atom is -0.294 e. The molecular formula is C17H19NO3. The van der Waals surface area contributed by atoms with Crippen molar-refractivity contribution in [2.24, 2.45) is 5.92 Å². The predicted octanol–water partition coefficient (Wildman–Crippen LogP) is 4.29. The van der Waals surface area contributed by atoms with E-state index in [-0.39, 0.29) is 11.5 Å². The van der Waals surface area contributed by atoms with Crippen molar-refractivity contribution in [3.63, 3.8) is 0 Å². The topological polar surface area (TPSA) is 60.2 Å². The summed E-state index contributed by atoms with van der Waals surface area (Å²) in [6.45, 7) is 0. The molecule has 0 spiro atoms. The van der Waals surface area contributed by atoms with Crippen molar-refractivity contribution in [2.75, 3.05) is 0 Å². The second kappa shape index (κ2) is 5.80. The summed E-state index contributed by atoms with van der Waals surface area (Å²) in [6, 6.07) is 6.52. The predicted molar refractivity (Wildman–Crippen MR) is 80.8 cm³/mol. The van der Waals surface area contributed by atoms with E-state index in [0.29, 0.717) is 12.3 Å². The average molecular weight is 285 g/mol. The fourth-order valence-corrected chi connectivity index (χ4v) is 3.66. The molecule has 0 aromatic heterocycles.